The maximum absolute atomic E-state index is 12.7. The number of nitrogens with one attached hydrogen (secondary N) is 3. The van der Waals surface area contributed by atoms with Crippen LogP contribution in [0.25, 0.3) is 0 Å². The zero-order valence-corrected chi connectivity index (χ0v) is 23.5. The number of ether oxygens (including phenoxy) is 1. The molecule has 9 nitrogen and oxygen atoms in total. The number of carbonyl (C=O) groups excluding carboxylic acids is 4. The van der Waals surface area contributed by atoms with Crippen molar-refractivity contribution in [1.29, 1.82) is 0 Å². The lowest BCUT2D eigenvalue weighted by Crippen LogP contribution is -2.33. The molecule has 0 bridgehead atoms. The third-order valence-electron chi connectivity index (χ3n) is 5.29. The second-order valence-electron chi connectivity index (χ2n) is 8.10. The lowest BCUT2D eigenvalue weighted by Gasteiger charge is -2.11. The van der Waals surface area contributed by atoms with Crippen molar-refractivity contribution in [2.45, 2.75) is 0 Å². The molecule has 3 N–H and O–H groups in total. The minimum atomic E-state index is -1.04. The second-order valence-corrected chi connectivity index (χ2v) is 9.70. The van der Waals surface area contributed by atoms with Crippen LogP contribution in [0, 0.1) is 3.57 Å². The van der Waals surface area contributed by atoms with Gasteiger partial charge in [0.15, 0.2) is 0 Å². The Labute approximate surface area is 247 Å². The quantitative estimate of drug-likeness (QED) is 0.0600. The van der Waals surface area contributed by atoms with Gasteiger partial charge in [-0.2, -0.15) is 5.10 Å². The van der Waals surface area contributed by atoms with E-state index in [1.165, 1.54) is 18.3 Å². The molecule has 0 radical (unpaired) electrons. The van der Waals surface area contributed by atoms with Crippen LogP contribution in [0.3, 0.4) is 0 Å². The van der Waals surface area contributed by atoms with Gasteiger partial charge >= 0.3 is 17.8 Å². The molecule has 0 aliphatic carbocycles. The zero-order valence-electron chi connectivity index (χ0n) is 20.6. The number of benzene rings is 4. The number of nitrogens with zero attached hydrogens (tertiary/aromatic N) is 1. The Bertz CT molecular complexity index is 1590. The van der Waals surface area contributed by atoms with Crippen molar-refractivity contribution in [3.63, 3.8) is 0 Å². The Morgan fingerprint density at radius 1 is 0.750 bits per heavy atom. The zero-order chi connectivity index (χ0) is 28.5. The van der Waals surface area contributed by atoms with E-state index < -0.39 is 23.7 Å². The first-order valence-corrected chi connectivity index (χ1v) is 13.1. The predicted octanol–water partition coefficient (Wildman–Crippen LogP) is 5.50. The van der Waals surface area contributed by atoms with Gasteiger partial charge < -0.3 is 15.4 Å². The average molecular weight is 667 g/mol. The second kappa shape index (κ2) is 13.5. The first-order valence-electron chi connectivity index (χ1n) is 11.7. The van der Waals surface area contributed by atoms with Crippen molar-refractivity contribution in [2.24, 2.45) is 5.10 Å². The third-order valence-corrected chi connectivity index (χ3v) is 6.48. The largest absolute Gasteiger partial charge is 0.423 e. The summed E-state index contributed by atoms with van der Waals surface area (Å²) in [5, 5.41) is 9.44. The molecule has 3 amide bonds. The summed E-state index contributed by atoms with van der Waals surface area (Å²) in [5.74, 6) is -2.67. The van der Waals surface area contributed by atoms with Crippen molar-refractivity contribution in [3.8, 4) is 5.75 Å². The van der Waals surface area contributed by atoms with Gasteiger partial charge in [0, 0.05) is 14.3 Å². The van der Waals surface area contributed by atoms with Gasteiger partial charge in [0.25, 0.3) is 5.91 Å². The topological polar surface area (TPSA) is 126 Å². The molecular weight excluding hydrogens is 647 g/mol. The summed E-state index contributed by atoms with van der Waals surface area (Å²) in [7, 11) is 0. The summed E-state index contributed by atoms with van der Waals surface area (Å²) in [6.07, 6.45) is 1.32. The Balaban J connectivity index is 1.31. The molecule has 0 heterocycles. The SMILES string of the molecule is O=C(N/N=C\c1ccc(OC(=O)c2ccccc2I)cc1)C(=O)Nc1ccccc1C(=O)Nc1ccc(Cl)cc1. The van der Waals surface area contributed by atoms with E-state index in [2.05, 4.69) is 43.8 Å². The van der Waals surface area contributed by atoms with Crippen molar-refractivity contribution >= 4 is 75.5 Å². The number of halogens is 2. The Morgan fingerprint density at radius 2 is 1.40 bits per heavy atom. The van der Waals surface area contributed by atoms with Crippen LogP contribution in [-0.2, 0) is 9.59 Å². The number of rotatable bonds is 7. The first kappa shape index (κ1) is 28.5. The molecule has 0 aromatic heterocycles. The number of carbonyl (C=O) groups is 4. The summed E-state index contributed by atoms with van der Waals surface area (Å²) in [6.45, 7) is 0. The summed E-state index contributed by atoms with van der Waals surface area (Å²) in [6, 6.07) is 26.3. The van der Waals surface area contributed by atoms with Gasteiger partial charge in [-0.25, -0.2) is 10.2 Å². The number of hydrazone groups is 1. The van der Waals surface area contributed by atoms with E-state index in [1.54, 1.807) is 72.8 Å². The molecule has 11 heteroatoms. The maximum atomic E-state index is 12.7. The monoisotopic (exact) mass is 666 g/mol. The van der Waals surface area contributed by atoms with Crippen molar-refractivity contribution in [2.75, 3.05) is 10.6 Å². The number of anilines is 2. The van der Waals surface area contributed by atoms with Gasteiger partial charge in [0.1, 0.15) is 5.75 Å². The molecule has 0 saturated carbocycles. The Morgan fingerprint density at radius 3 is 2.10 bits per heavy atom. The fourth-order valence-corrected chi connectivity index (χ4v) is 4.06. The highest BCUT2D eigenvalue weighted by molar-refractivity contribution is 14.1. The molecule has 0 unspecified atom stereocenters. The minimum Gasteiger partial charge on any atom is -0.423 e. The smallest absolute Gasteiger partial charge is 0.344 e. The van der Waals surface area contributed by atoms with Gasteiger partial charge in [-0.1, -0.05) is 35.9 Å². The lowest BCUT2D eigenvalue weighted by atomic mass is 10.1. The van der Waals surface area contributed by atoms with Crippen molar-refractivity contribution in [3.05, 3.63) is 122 Å². The molecule has 40 heavy (non-hydrogen) atoms. The molecule has 4 rings (SSSR count). The fraction of sp³-hybridized carbons (Fsp3) is 0. The first-order chi connectivity index (χ1) is 19.3. The number of hydrogen-bond donors (Lipinski definition) is 3. The lowest BCUT2D eigenvalue weighted by molar-refractivity contribution is -0.136. The van der Waals surface area contributed by atoms with Crippen LogP contribution in [0.15, 0.2) is 102 Å². The standard InChI is InChI=1S/C29H20ClIN4O5/c30-19-11-13-20(14-12-19)33-26(36)23-6-2-4-8-25(23)34-27(37)28(38)35-32-17-18-9-15-21(16-10-18)40-29(39)22-5-1-3-7-24(22)31/h1-17H,(H,33,36)(H,34,37)(H,35,38)/b32-17-. The van der Waals surface area contributed by atoms with E-state index in [1.807, 2.05) is 12.1 Å². The summed E-state index contributed by atoms with van der Waals surface area (Å²) < 4.78 is 6.16. The highest BCUT2D eigenvalue weighted by Crippen LogP contribution is 2.19. The van der Waals surface area contributed by atoms with Crippen LogP contribution in [0.1, 0.15) is 26.3 Å². The van der Waals surface area contributed by atoms with Crippen LogP contribution in [0.4, 0.5) is 11.4 Å². The molecule has 0 spiro atoms. The van der Waals surface area contributed by atoms with E-state index in [-0.39, 0.29) is 11.3 Å². The third kappa shape index (κ3) is 7.74. The van der Waals surface area contributed by atoms with Gasteiger partial charge in [-0.3, -0.25) is 14.4 Å². The van der Waals surface area contributed by atoms with Crippen LogP contribution >= 0.6 is 34.2 Å². The van der Waals surface area contributed by atoms with Crippen molar-refractivity contribution in [1.82, 2.24) is 5.43 Å². The predicted molar refractivity (Wildman–Crippen MR) is 161 cm³/mol. The van der Waals surface area contributed by atoms with E-state index in [4.69, 9.17) is 16.3 Å². The number of para-hydroxylation sites is 1. The highest BCUT2D eigenvalue weighted by Gasteiger charge is 2.18. The van der Waals surface area contributed by atoms with Crippen LogP contribution < -0.4 is 20.8 Å². The van der Waals surface area contributed by atoms with Crippen molar-refractivity contribution < 1.29 is 23.9 Å². The minimum absolute atomic E-state index is 0.147. The Hall–Kier alpha value is -4.55. The van der Waals surface area contributed by atoms with E-state index in [0.29, 0.717) is 27.6 Å². The average Bonchev–Trinajstić information content (AvgIpc) is 2.95. The summed E-state index contributed by atoms with van der Waals surface area (Å²) in [4.78, 5) is 49.8. The van der Waals surface area contributed by atoms with E-state index >= 15 is 0 Å². The molecule has 0 aliphatic rings. The van der Waals surface area contributed by atoms with Gasteiger partial charge in [-0.05, 0) is 101 Å². The van der Waals surface area contributed by atoms with Gasteiger partial charge in [-0.15, -0.1) is 0 Å². The molecule has 0 saturated heterocycles. The molecule has 4 aromatic rings. The molecule has 200 valence electrons. The van der Waals surface area contributed by atoms with Crippen LogP contribution in [-0.4, -0.2) is 29.9 Å². The normalized spacial score (nSPS) is 10.6. The summed E-state index contributed by atoms with van der Waals surface area (Å²) >= 11 is 7.93. The molecule has 0 atom stereocenters. The van der Waals surface area contributed by atoms with Crippen LogP contribution in [0.2, 0.25) is 5.02 Å². The van der Waals surface area contributed by atoms with Gasteiger partial charge in [0.05, 0.1) is 23.0 Å². The highest BCUT2D eigenvalue weighted by atomic mass is 127. The van der Waals surface area contributed by atoms with E-state index in [0.717, 1.165) is 3.57 Å². The van der Waals surface area contributed by atoms with Crippen LogP contribution in [0.5, 0.6) is 5.75 Å². The number of hydrogen-bond acceptors (Lipinski definition) is 6. The fourth-order valence-electron chi connectivity index (χ4n) is 3.33. The molecule has 0 fully saturated rings. The Kier molecular flexibility index (Phi) is 9.60. The van der Waals surface area contributed by atoms with Gasteiger partial charge in [0.2, 0.25) is 0 Å². The van der Waals surface area contributed by atoms with E-state index in [9.17, 15) is 19.2 Å². The number of amides is 3. The number of esters is 1. The molecule has 4 aromatic carbocycles. The molecular formula is C29H20ClIN4O5. The maximum Gasteiger partial charge on any atom is 0.344 e. The molecule has 0 aliphatic heterocycles. The summed E-state index contributed by atoms with van der Waals surface area (Å²) in [5.41, 5.74) is 4.00.